The van der Waals surface area contributed by atoms with Gasteiger partial charge in [0, 0.05) is 39.5 Å². The van der Waals surface area contributed by atoms with Crippen LogP contribution in [0.4, 0.5) is 11.5 Å². The third-order valence-corrected chi connectivity index (χ3v) is 6.16. The summed E-state index contributed by atoms with van der Waals surface area (Å²) in [4.78, 5) is 17.8. The van der Waals surface area contributed by atoms with E-state index >= 15 is 0 Å². The monoisotopic (exact) mass is 474 g/mol. The molecule has 3 aromatic rings. The minimum atomic E-state index is 0.123. The lowest BCUT2D eigenvalue weighted by molar-refractivity contribution is -0.130. The van der Waals surface area contributed by atoms with E-state index in [0.717, 1.165) is 42.7 Å². The van der Waals surface area contributed by atoms with Gasteiger partial charge in [0.2, 0.25) is 5.91 Å². The third-order valence-electron chi connectivity index (χ3n) is 6.16. The molecule has 1 aromatic carbocycles. The van der Waals surface area contributed by atoms with Crippen LogP contribution in [-0.2, 0) is 16.1 Å². The van der Waals surface area contributed by atoms with Gasteiger partial charge in [-0.05, 0) is 54.2 Å². The number of benzene rings is 1. The predicted octanol–water partition coefficient (Wildman–Crippen LogP) is 3.84. The van der Waals surface area contributed by atoms with Crippen LogP contribution in [0, 0.1) is 17.2 Å². The molecular weight excluding hydrogens is 444 g/mol. The first-order valence-corrected chi connectivity index (χ1v) is 11.7. The Bertz CT molecular complexity index is 1190. The number of pyridine rings is 1. The van der Waals surface area contributed by atoms with Gasteiger partial charge in [-0.3, -0.25) is 9.48 Å². The molecule has 0 aliphatic carbocycles. The van der Waals surface area contributed by atoms with Gasteiger partial charge in [-0.15, -0.1) is 0 Å². The van der Waals surface area contributed by atoms with E-state index < -0.39 is 0 Å². The van der Waals surface area contributed by atoms with Gasteiger partial charge >= 0.3 is 0 Å². The van der Waals surface area contributed by atoms with E-state index in [4.69, 9.17) is 9.47 Å². The number of amides is 1. The summed E-state index contributed by atoms with van der Waals surface area (Å²) in [5, 5.41) is 17.3. The SMILES string of the molecule is COCCn1cc(Nc2cc(-c3ccc(OCC4CCN(C(C)=O)CC4)c(C#N)c3)ccn2)cn1. The van der Waals surface area contributed by atoms with Crippen molar-refractivity contribution >= 4 is 17.4 Å². The fraction of sp³-hybridized carbons (Fsp3) is 0.385. The second-order valence-electron chi connectivity index (χ2n) is 8.62. The highest BCUT2D eigenvalue weighted by molar-refractivity contribution is 5.73. The quantitative estimate of drug-likeness (QED) is 0.502. The van der Waals surface area contributed by atoms with Crippen molar-refractivity contribution in [3.63, 3.8) is 0 Å². The van der Waals surface area contributed by atoms with Gasteiger partial charge in [0.1, 0.15) is 17.6 Å². The van der Waals surface area contributed by atoms with Gasteiger partial charge < -0.3 is 19.7 Å². The Hall–Kier alpha value is -3.90. The summed E-state index contributed by atoms with van der Waals surface area (Å²) in [6, 6.07) is 11.8. The van der Waals surface area contributed by atoms with E-state index in [1.807, 2.05) is 41.4 Å². The Morgan fingerprint density at radius 1 is 1.23 bits per heavy atom. The van der Waals surface area contributed by atoms with Crippen LogP contribution in [0.25, 0.3) is 11.1 Å². The Labute approximate surface area is 205 Å². The van der Waals surface area contributed by atoms with Crippen molar-refractivity contribution in [2.75, 3.05) is 38.7 Å². The largest absolute Gasteiger partial charge is 0.492 e. The van der Waals surface area contributed by atoms with Crippen LogP contribution in [0.1, 0.15) is 25.3 Å². The van der Waals surface area contributed by atoms with Crippen LogP contribution < -0.4 is 10.1 Å². The van der Waals surface area contributed by atoms with Crippen molar-refractivity contribution in [2.24, 2.45) is 5.92 Å². The molecule has 2 aromatic heterocycles. The fourth-order valence-corrected chi connectivity index (χ4v) is 4.11. The second kappa shape index (κ2) is 11.5. The number of hydrogen-bond acceptors (Lipinski definition) is 7. The number of nitrogens with zero attached hydrogens (tertiary/aromatic N) is 5. The Balaban J connectivity index is 1.40. The number of likely N-dealkylation sites (tertiary alicyclic amines) is 1. The Morgan fingerprint density at radius 2 is 2.03 bits per heavy atom. The molecule has 182 valence electrons. The number of piperidine rings is 1. The number of nitrogens with one attached hydrogen (secondary N) is 1. The van der Waals surface area contributed by atoms with Gasteiger partial charge in [-0.1, -0.05) is 6.07 Å². The number of ether oxygens (including phenoxy) is 2. The molecule has 0 atom stereocenters. The van der Waals surface area contributed by atoms with Crippen molar-refractivity contribution in [1.29, 1.82) is 5.26 Å². The molecule has 0 radical (unpaired) electrons. The van der Waals surface area contributed by atoms with E-state index in [-0.39, 0.29) is 5.91 Å². The molecule has 1 amide bonds. The van der Waals surface area contributed by atoms with Crippen molar-refractivity contribution in [1.82, 2.24) is 19.7 Å². The zero-order valence-electron chi connectivity index (χ0n) is 20.1. The number of rotatable bonds is 9. The topological polar surface area (TPSA) is 105 Å². The van der Waals surface area contributed by atoms with Crippen molar-refractivity contribution in [3.05, 3.63) is 54.5 Å². The summed E-state index contributed by atoms with van der Waals surface area (Å²) >= 11 is 0. The lowest BCUT2D eigenvalue weighted by atomic mass is 9.97. The lowest BCUT2D eigenvalue weighted by Gasteiger charge is -2.31. The van der Waals surface area contributed by atoms with Crippen LogP contribution in [0.3, 0.4) is 0 Å². The summed E-state index contributed by atoms with van der Waals surface area (Å²) < 4.78 is 12.9. The average Bonchev–Trinajstić information content (AvgIpc) is 3.33. The maximum Gasteiger partial charge on any atom is 0.219 e. The molecule has 35 heavy (non-hydrogen) atoms. The number of methoxy groups -OCH3 is 1. The maximum absolute atomic E-state index is 11.5. The Morgan fingerprint density at radius 3 is 2.77 bits per heavy atom. The lowest BCUT2D eigenvalue weighted by Crippen LogP contribution is -2.38. The number of hydrogen-bond donors (Lipinski definition) is 1. The van der Waals surface area contributed by atoms with Crippen LogP contribution in [-0.4, -0.2) is 59.0 Å². The Kier molecular flexibility index (Phi) is 7.95. The van der Waals surface area contributed by atoms with E-state index in [0.29, 0.717) is 42.8 Å². The molecule has 4 rings (SSSR count). The smallest absolute Gasteiger partial charge is 0.219 e. The van der Waals surface area contributed by atoms with Crippen molar-refractivity contribution in [2.45, 2.75) is 26.3 Å². The number of aromatic nitrogens is 3. The van der Waals surface area contributed by atoms with E-state index in [1.165, 1.54) is 0 Å². The first-order chi connectivity index (χ1) is 17.1. The average molecular weight is 475 g/mol. The number of anilines is 2. The van der Waals surface area contributed by atoms with Gasteiger partial charge in [-0.2, -0.15) is 10.4 Å². The van der Waals surface area contributed by atoms with Gasteiger partial charge in [0.25, 0.3) is 0 Å². The molecule has 1 aliphatic rings. The number of nitriles is 1. The molecule has 0 saturated carbocycles. The fourth-order valence-electron chi connectivity index (χ4n) is 4.11. The van der Waals surface area contributed by atoms with Crippen LogP contribution in [0.2, 0.25) is 0 Å². The van der Waals surface area contributed by atoms with Crippen molar-refractivity contribution < 1.29 is 14.3 Å². The molecular formula is C26H30N6O3. The first-order valence-electron chi connectivity index (χ1n) is 11.7. The van der Waals surface area contributed by atoms with Crippen LogP contribution in [0.5, 0.6) is 5.75 Å². The highest BCUT2D eigenvalue weighted by atomic mass is 16.5. The molecule has 1 aliphatic heterocycles. The number of carbonyl (C=O) groups excluding carboxylic acids is 1. The predicted molar refractivity (Wildman–Crippen MR) is 132 cm³/mol. The van der Waals surface area contributed by atoms with Gasteiger partial charge in [0.05, 0.1) is 37.2 Å². The standard InChI is InChI=1S/C26H30N6O3/c1-19(33)31-9-6-20(7-10-31)18-35-25-4-3-21(13-23(25)15-27)22-5-8-28-26(14-22)30-24-16-29-32(17-24)11-12-34-2/h3-5,8,13-14,16-17,20H,6-7,9-12,18H2,1-2H3,(H,28,30). The third kappa shape index (κ3) is 6.37. The molecule has 1 N–H and O–H groups in total. The summed E-state index contributed by atoms with van der Waals surface area (Å²) in [6.45, 7) is 4.95. The van der Waals surface area contributed by atoms with Crippen molar-refractivity contribution in [3.8, 4) is 22.9 Å². The minimum absolute atomic E-state index is 0.123. The number of carbonyl (C=O) groups is 1. The zero-order valence-corrected chi connectivity index (χ0v) is 20.1. The molecule has 1 saturated heterocycles. The summed E-state index contributed by atoms with van der Waals surface area (Å²) in [5.41, 5.74) is 3.18. The zero-order chi connectivity index (χ0) is 24.6. The molecule has 9 heteroatoms. The highest BCUT2D eigenvalue weighted by Crippen LogP contribution is 2.29. The van der Waals surface area contributed by atoms with E-state index in [2.05, 4.69) is 21.5 Å². The molecule has 0 unspecified atom stereocenters. The molecule has 9 nitrogen and oxygen atoms in total. The van der Waals surface area contributed by atoms with Gasteiger partial charge in [0.15, 0.2) is 0 Å². The molecule has 0 spiro atoms. The summed E-state index contributed by atoms with van der Waals surface area (Å²) in [7, 11) is 1.66. The van der Waals surface area contributed by atoms with Gasteiger partial charge in [-0.25, -0.2) is 4.98 Å². The maximum atomic E-state index is 11.5. The minimum Gasteiger partial charge on any atom is -0.492 e. The molecule has 3 heterocycles. The first kappa shape index (κ1) is 24.2. The molecule has 0 bridgehead atoms. The highest BCUT2D eigenvalue weighted by Gasteiger charge is 2.21. The van der Waals surface area contributed by atoms with Crippen LogP contribution in [0.15, 0.2) is 48.9 Å². The molecule has 1 fully saturated rings. The summed E-state index contributed by atoms with van der Waals surface area (Å²) in [5.74, 6) is 1.77. The normalized spacial score (nSPS) is 13.9. The van der Waals surface area contributed by atoms with Crippen LogP contribution >= 0.6 is 0 Å². The van der Waals surface area contributed by atoms with E-state index in [1.54, 1.807) is 31.1 Å². The summed E-state index contributed by atoms with van der Waals surface area (Å²) in [6.07, 6.45) is 7.21. The second-order valence-corrected chi connectivity index (χ2v) is 8.62. The van der Waals surface area contributed by atoms with E-state index in [9.17, 15) is 10.1 Å².